The molecule has 0 aliphatic rings. The maximum absolute atomic E-state index is 9.61. The smallest absolute Gasteiger partial charge is 0.122 e. The van der Waals surface area contributed by atoms with Crippen molar-refractivity contribution in [3.63, 3.8) is 0 Å². The zero-order valence-corrected chi connectivity index (χ0v) is 10.6. The van der Waals surface area contributed by atoms with E-state index < -0.39 is 17.3 Å². The van der Waals surface area contributed by atoms with E-state index in [9.17, 15) is 5.11 Å². The summed E-state index contributed by atoms with van der Waals surface area (Å²) in [4.78, 5) is 0. The molecule has 3 nitrogen and oxygen atoms in total. The lowest BCUT2D eigenvalue weighted by molar-refractivity contribution is -0.0811. The summed E-state index contributed by atoms with van der Waals surface area (Å²) in [5.74, 6) is 2.49. The van der Waals surface area contributed by atoms with Crippen molar-refractivity contribution in [1.82, 2.24) is 0 Å². The van der Waals surface area contributed by atoms with Crippen molar-refractivity contribution in [1.29, 1.82) is 0 Å². The van der Waals surface area contributed by atoms with E-state index in [4.69, 9.17) is 15.9 Å². The number of rotatable bonds is 7. The van der Waals surface area contributed by atoms with Crippen LogP contribution in [0.2, 0.25) is 0 Å². The second-order valence-electron chi connectivity index (χ2n) is 4.74. The monoisotopic (exact) mass is 226 g/mol. The van der Waals surface area contributed by atoms with Crippen LogP contribution in [0, 0.1) is 12.3 Å². The summed E-state index contributed by atoms with van der Waals surface area (Å²) in [6.07, 6.45) is 6.25. The predicted molar refractivity (Wildman–Crippen MR) is 65.1 cm³/mol. The third-order valence-electron chi connectivity index (χ3n) is 2.12. The van der Waals surface area contributed by atoms with Crippen molar-refractivity contribution in [2.24, 2.45) is 0 Å². The Morgan fingerprint density at radius 1 is 1.31 bits per heavy atom. The molecule has 0 fully saturated rings. The topological polar surface area (TPSA) is 38.7 Å². The predicted octanol–water partition coefficient (Wildman–Crippen LogP) is 1.76. The zero-order valence-electron chi connectivity index (χ0n) is 10.6. The van der Waals surface area contributed by atoms with Crippen LogP contribution in [-0.4, -0.2) is 35.6 Å². The van der Waals surface area contributed by atoms with Crippen molar-refractivity contribution in [2.75, 3.05) is 13.2 Å². The molecule has 0 saturated carbocycles. The average molecular weight is 226 g/mol. The molecule has 92 valence electrons. The summed E-state index contributed by atoms with van der Waals surface area (Å²) in [6, 6.07) is 0. The van der Waals surface area contributed by atoms with Gasteiger partial charge in [-0.1, -0.05) is 12.0 Å². The standard InChI is InChI=1S/C13H22O3/c1-7-12(3,4)15-9-11(14)10-16-13(5,6)8-2/h1,8,11,14H,2,9-10H2,3-6H3. The lowest BCUT2D eigenvalue weighted by Gasteiger charge is -2.25. The first-order valence-electron chi connectivity index (χ1n) is 5.30. The Labute approximate surface area is 98.4 Å². The van der Waals surface area contributed by atoms with Crippen molar-refractivity contribution in [3.8, 4) is 12.3 Å². The molecule has 0 aromatic heterocycles. The van der Waals surface area contributed by atoms with Crippen LogP contribution in [0.5, 0.6) is 0 Å². The first-order valence-corrected chi connectivity index (χ1v) is 5.30. The molecule has 3 heteroatoms. The van der Waals surface area contributed by atoms with E-state index in [0.717, 1.165) is 0 Å². The van der Waals surface area contributed by atoms with Crippen LogP contribution in [0.4, 0.5) is 0 Å². The highest BCUT2D eigenvalue weighted by atomic mass is 16.5. The van der Waals surface area contributed by atoms with Gasteiger partial charge in [-0.3, -0.25) is 0 Å². The van der Waals surface area contributed by atoms with Gasteiger partial charge in [0.25, 0.3) is 0 Å². The molecular formula is C13H22O3. The minimum Gasteiger partial charge on any atom is -0.388 e. The number of aliphatic hydroxyl groups is 1. The SMILES string of the molecule is C#CC(C)(C)OCC(O)COC(C)(C)C=C. The summed E-state index contributed by atoms with van der Waals surface area (Å²) in [7, 11) is 0. The lowest BCUT2D eigenvalue weighted by atomic mass is 10.1. The van der Waals surface area contributed by atoms with E-state index in [1.54, 1.807) is 19.9 Å². The van der Waals surface area contributed by atoms with E-state index >= 15 is 0 Å². The van der Waals surface area contributed by atoms with E-state index in [2.05, 4.69) is 12.5 Å². The first-order chi connectivity index (χ1) is 7.22. The van der Waals surface area contributed by atoms with Crippen LogP contribution >= 0.6 is 0 Å². The van der Waals surface area contributed by atoms with Crippen molar-refractivity contribution in [3.05, 3.63) is 12.7 Å². The van der Waals surface area contributed by atoms with Crippen LogP contribution in [-0.2, 0) is 9.47 Å². The number of hydrogen-bond donors (Lipinski definition) is 1. The summed E-state index contributed by atoms with van der Waals surface area (Å²) >= 11 is 0. The summed E-state index contributed by atoms with van der Waals surface area (Å²) in [6.45, 7) is 11.3. The van der Waals surface area contributed by atoms with Gasteiger partial charge in [0, 0.05) is 0 Å². The van der Waals surface area contributed by atoms with Gasteiger partial charge in [0.2, 0.25) is 0 Å². The fourth-order valence-electron chi connectivity index (χ4n) is 0.764. The Bertz CT molecular complexity index is 261. The van der Waals surface area contributed by atoms with E-state index in [1.807, 2.05) is 13.8 Å². The Morgan fingerprint density at radius 2 is 1.81 bits per heavy atom. The molecule has 16 heavy (non-hydrogen) atoms. The van der Waals surface area contributed by atoms with Crippen LogP contribution in [0.3, 0.4) is 0 Å². The molecule has 0 aromatic carbocycles. The Kier molecular flexibility index (Phi) is 5.74. The van der Waals surface area contributed by atoms with Crippen LogP contribution < -0.4 is 0 Å². The van der Waals surface area contributed by atoms with Crippen LogP contribution in [0.25, 0.3) is 0 Å². The van der Waals surface area contributed by atoms with Crippen LogP contribution in [0.15, 0.2) is 12.7 Å². The molecule has 0 heterocycles. The highest BCUT2D eigenvalue weighted by molar-refractivity contribution is 5.02. The summed E-state index contributed by atoms with van der Waals surface area (Å²) < 4.78 is 10.8. The fraction of sp³-hybridized carbons (Fsp3) is 0.692. The van der Waals surface area contributed by atoms with Gasteiger partial charge in [-0.05, 0) is 27.7 Å². The van der Waals surface area contributed by atoms with Crippen molar-refractivity contribution < 1.29 is 14.6 Å². The molecule has 0 aliphatic carbocycles. The van der Waals surface area contributed by atoms with Crippen molar-refractivity contribution in [2.45, 2.75) is 45.0 Å². The molecule has 0 aliphatic heterocycles. The van der Waals surface area contributed by atoms with Gasteiger partial charge in [-0.2, -0.15) is 0 Å². The number of ether oxygens (including phenoxy) is 2. The molecule has 0 bridgehead atoms. The zero-order chi connectivity index (χ0) is 12.8. The highest BCUT2D eigenvalue weighted by Gasteiger charge is 2.19. The third kappa shape index (κ3) is 6.62. The van der Waals surface area contributed by atoms with E-state index in [1.165, 1.54) is 0 Å². The maximum Gasteiger partial charge on any atom is 0.122 e. The van der Waals surface area contributed by atoms with Gasteiger partial charge >= 0.3 is 0 Å². The molecular weight excluding hydrogens is 204 g/mol. The molecule has 1 N–H and O–H groups in total. The maximum atomic E-state index is 9.61. The second kappa shape index (κ2) is 6.05. The molecule has 1 unspecified atom stereocenters. The molecule has 0 amide bonds. The highest BCUT2D eigenvalue weighted by Crippen LogP contribution is 2.11. The number of aliphatic hydroxyl groups excluding tert-OH is 1. The molecule has 0 radical (unpaired) electrons. The second-order valence-corrected chi connectivity index (χ2v) is 4.74. The van der Waals surface area contributed by atoms with E-state index in [0.29, 0.717) is 0 Å². The van der Waals surface area contributed by atoms with Crippen molar-refractivity contribution >= 4 is 0 Å². The van der Waals surface area contributed by atoms with Gasteiger partial charge in [0.15, 0.2) is 0 Å². The fourth-order valence-corrected chi connectivity index (χ4v) is 0.764. The van der Waals surface area contributed by atoms with Gasteiger partial charge in [0.1, 0.15) is 11.7 Å². The summed E-state index contributed by atoms with van der Waals surface area (Å²) in [5, 5.41) is 9.61. The number of terminal acetylenes is 1. The number of hydrogen-bond acceptors (Lipinski definition) is 3. The third-order valence-corrected chi connectivity index (χ3v) is 2.12. The Balaban J connectivity index is 3.89. The molecule has 0 spiro atoms. The van der Waals surface area contributed by atoms with Crippen LogP contribution in [0.1, 0.15) is 27.7 Å². The lowest BCUT2D eigenvalue weighted by Crippen LogP contribution is -2.33. The largest absolute Gasteiger partial charge is 0.388 e. The molecule has 0 aromatic rings. The van der Waals surface area contributed by atoms with Gasteiger partial charge in [-0.15, -0.1) is 13.0 Å². The minimum atomic E-state index is -0.688. The van der Waals surface area contributed by atoms with Gasteiger partial charge < -0.3 is 14.6 Å². The molecule has 1 atom stereocenters. The first kappa shape index (κ1) is 15.2. The molecule has 0 saturated heterocycles. The Morgan fingerprint density at radius 3 is 2.25 bits per heavy atom. The quantitative estimate of drug-likeness (QED) is 0.531. The average Bonchev–Trinajstić information content (AvgIpc) is 2.24. The van der Waals surface area contributed by atoms with Gasteiger partial charge in [-0.25, -0.2) is 0 Å². The molecule has 0 rings (SSSR count). The minimum absolute atomic E-state index is 0.157. The normalized spacial score (nSPS) is 14.2. The summed E-state index contributed by atoms with van der Waals surface area (Å²) in [5.41, 5.74) is -1.10. The van der Waals surface area contributed by atoms with E-state index in [-0.39, 0.29) is 13.2 Å². The Hall–Kier alpha value is -0.820. The van der Waals surface area contributed by atoms with Gasteiger partial charge in [0.05, 0.1) is 18.8 Å².